The van der Waals surface area contributed by atoms with Gasteiger partial charge in [-0.1, -0.05) is 18.2 Å². The third kappa shape index (κ3) is 2.50. The predicted octanol–water partition coefficient (Wildman–Crippen LogP) is 2.36. The number of nitrogens with two attached hydrogens (primary N) is 1. The lowest BCUT2D eigenvalue weighted by molar-refractivity contribution is 0.363. The number of nitrogens with zero attached hydrogens (tertiary/aromatic N) is 5. The summed E-state index contributed by atoms with van der Waals surface area (Å²) in [4.78, 5) is 14.0. The zero-order chi connectivity index (χ0) is 17.7. The molecule has 2 aliphatic rings. The van der Waals surface area contributed by atoms with Crippen LogP contribution in [0.1, 0.15) is 25.3 Å². The molecule has 1 aromatic carbocycles. The van der Waals surface area contributed by atoms with Crippen LogP contribution in [0.3, 0.4) is 0 Å². The summed E-state index contributed by atoms with van der Waals surface area (Å²) in [6.45, 7) is 4.86. The van der Waals surface area contributed by atoms with Crippen molar-refractivity contribution < 1.29 is 0 Å². The van der Waals surface area contributed by atoms with Crippen molar-refractivity contribution in [2.45, 2.75) is 31.7 Å². The molecular weight excluding hydrogens is 326 g/mol. The van der Waals surface area contributed by atoms with E-state index in [9.17, 15) is 0 Å². The van der Waals surface area contributed by atoms with E-state index in [-0.39, 0.29) is 5.54 Å². The standard InChI is InChI=1S/C19H23N7/c1-19(20)7-10-25(11-8-19)15-12-21-16-17(22-15)23-24-18(16)26-9-6-13-4-2-3-5-14(13)26/h2-5,12H,6-11,20H2,1H3,(H,22,23,24). The molecule has 2 aliphatic heterocycles. The Labute approximate surface area is 152 Å². The maximum Gasteiger partial charge on any atom is 0.183 e. The van der Waals surface area contributed by atoms with E-state index in [0.29, 0.717) is 0 Å². The Bertz CT molecular complexity index is 951. The zero-order valence-corrected chi connectivity index (χ0v) is 14.9. The fourth-order valence-corrected chi connectivity index (χ4v) is 3.93. The fraction of sp³-hybridized carbons (Fsp3) is 0.421. The molecule has 0 aliphatic carbocycles. The number of fused-ring (bicyclic) bond motifs is 2. The molecule has 0 atom stereocenters. The van der Waals surface area contributed by atoms with Crippen molar-refractivity contribution in [3.63, 3.8) is 0 Å². The first-order valence-corrected chi connectivity index (χ1v) is 9.21. The molecule has 26 heavy (non-hydrogen) atoms. The Morgan fingerprint density at radius 2 is 1.96 bits per heavy atom. The highest BCUT2D eigenvalue weighted by Crippen LogP contribution is 2.36. The second-order valence-corrected chi connectivity index (χ2v) is 7.64. The molecule has 4 heterocycles. The average molecular weight is 349 g/mol. The molecule has 0 saturated carbocycles. The number of anilines is 3. The number of hydrogen-bond acceptors (Lipinski definition) is 6. The van der Waals surface area contributed by atoms with Crippen LogP contribution in [0.4, 0.5) is 17.3 Å². The van der Waals surface area contributed by atoms with E-state index in [4.69, 9.17) is 15.7 Å². The summed E-state index contributed by atoms with van der Waals surface area (Å²) in [6, 6.07) is 8.47. The summed E-state index contributed by atoms with van der Waals surface area (Å²) in [6.07, 6.45) is 4.82. The molecular formula is C19H23N7. The largest absolute Gasteiger partial charge is 0.355 e. The van der Waals surface area contributed by atoms with Crippen molar-refractivity contribution in [3.8, 4) is 0 Å². The van der Waals surface area contributed by atoms with Gasteiger partial charge in [-0.05, 0) is 37.8 Å². The number of aromatic amines is 1. The Hall–Kier alpha value is -2.67. The van der Waals surface area contributed by atoms with Gasteiger partial charge in [-0.2, -0.15) is 5.10 Å². The van der Waals surface area contributed by atoms with Gasteiger partial charge in [-0.3, -0.25) is 5.10 Å². The molecule has 5 rings (SSSR count). The van der Waals surface area contributed by atoms with Gasteiger partial charge in [0.25, 0.3) is 0 Å². The van der Waals surface area contributed by atoms with E-state index in [1.54, 1.807) is 0 Å². The third-order valence-electron chi connectivity index (χ3n) is 5.61. The van der Waals surface area contributed by atoms with Crippen LogP contribution >= 0.6 is 0 Å². The number of H-pyrrole nitrogens is 1. The van der Waals surface area contributed by atoms with Crippen molar-refractivity contribution >= 4 is 28.5 Å². The first-order chi connectivity index (χ1) is 12.6. The van der Waals surface area contributed by atoms with Crippen molar-refractivity contribution in [1.82, 2.24) is 20.2 Å². The van der Waals surface area contributed by atoms with Gasteiger partial charge in [-0.15, -0.1) is 0 Å². The molecule has 0 spiro atoms. The van der Waals surface area contributed by atoms with Crippen LogP contribution < -0.4 is 15.5 Å². The minimum absolute atomic E-state index is 0.0711. The van der Waals surface area contributed by atoms with Gasteiger partial charge in [0.1, 0.15) is 5.82 Å². The topological polar surface area (TPSA) is 87.0 Å². The monoisotopic (exact) mass is 349 g/mol. The molecule has 0 bridgehead atoms. The molecule has 0 radical (unpaired) electrons. The van der Waals surface area contributed by atoms with E-state index >= 15 is 0 Å². The van der Waals surface area contributed by atoms with Gasteiger partial charge in [-0.25, -0.2) is 9.97 Å². The van der Waals surface area contributed by atoms with E-state index < -0.39 is 0 Å². The molecule has 0 unspecified atom stereocenters. The van der Waals surface area contributed by atoms with Crippen molar-refractivity contribution in [2.75, 3.05) is 29.4 Å². The Morgan fingerprint density at radius 1 is 1.15 bits per heavy atom. The normalized spacial score (nSPS) is 19.2. The summed E-state index contributed by atoms with van der Waals surface area (Å²) in [5.74, 6) is 1.75. The molecule has 1 fully saturated rings. The third-order valence-corrected chi connectivity index (χ3v) is 5.61. The summed E-state index contributed by atoms with van der Waals surface area (Å²) in [7, 11) is 0. The number of nitrogens with one attached hydrogen (secondary N) is 1. The van der Waals surface area contributed by atoms with Gasteiger partial charge < -0.3 is 15.5 Å². The highest BCUT2D eigenvalue weighted by atomic mass is 15.3. The quantitative estimate of drug-likeness (QED) is 0.739. The van der Waals surface area contributed by atoms with Crippen LogP contribution in [0.15, 0.2) is 30.5 Å². The summed E-state index contributed by atoms with van der Waals surface area (Å²) in [5, 5.41) is 7.60. The fourth-order valence-electron chi connectivity index (χ4n) is 3.93. The molecule has 0 amide bonds. The second-order valence-electron chi connectivity index (χ2n) is 7.64. The molecule has 7 heteroatoms. The average Bonchev–Trinajstić information content (AvgIpc) is 3.24. The number of para-hydroxylation sites is 1. The van der Waals surface area contributed by atoms with Crippen molar-refractivity contribution in [2.24, 2.45) is 5.73 Å². The van der Waals surface area contributed by atoms with Gasteiger partial charge in [0, 0.05) is 30.9 Å². The number of aromatic nitrogens is 4. The first-order valence-electron chi connectivity index (χ1n) is 9.21. The SMILES string of the molecule is CC1(N)CCN(c2cnc3c(N4CCc5ccccc54)n[nH]c3n2)CC1. The maximum atomic E-state index is 6.24. The van der Waals surface area contributed by atoms with Crippen molar-refractivity contribution in [1.29, 1.82) is 0 Å². The molecule has 2 aromatic heterocycles. The van der Waals surface area contributed by atoms with Crippen LogP contribution in [0, 0.1) is 0 Å². The second kappa shape index (κ2) is 5.67. The Balaban J connectivity index is 1.46. The lowest BCUT2D eigenvalue weighted by Gasteiger charge is -2.37. The summed E-state index contributed by atoms with van der Waals surface area (Å²) in [5.41, 5.74) is 10.3. The first kappa shape index (κ1) is 15.6. The minimum atomic E-state index is -0.0711. The minimum Gasteiger partial charge on any atom is -0.355 e. The highest BCUT2D eigenvalue weighted by molar-refractivity contribution is 5.88. The molecule has 3 N–H and O–H groups in total. The van der Waals surface area contributed by atoms with E-state index in [0.717, 1.165) is 61.7 Å². The summed E-state index contributed by atoms with van der Waals surface area (Å²) >= 11 is 0. The number of hydrogen-bond donors (Lipinski definition) is 2. The van der Waals surface area contributed by atoms with Gasteiger partial charge >= 0.3 is 0 Å². The van der Waals surface area contributed by atoms with Gasteiger partial charge in [0.2, 0.25) is 0 Å². The zero-order valence-electron chi connectivity index (χ0n) is 14.9. The lowest BCUT2D eigenvalue weighted by atomic mass is 9.91. The van der Waals surface area contributed by atoms with Crippen LogP contribution in [-0.2, 0) is 6.42 Å². The molecule has 3 aromatic rings. The van der Waals surface area contributed by atoms with Gasteiger partial charge in [0.15, 0.2) is 17.0 Å². The van der Waals surface area contributed by atoms with Crippen LogP contribution in [0.25, 0.3) is 11.2 Å². The number of benzene rings is 1. The number of piperidine rings is 1. The molecule has 1 saturated heterocycles. The van der Waals surface area contributed by atoms with E-state index in [1.165, 1.54) is 11.3 Å². The van der Waals surface area contributed by atoms with Gasteiger partial charge in [0.05, 0.1) is 6.20 Å². The molecule has 7 nitrogen and oxygen atoms in total. The van der Waals surface area contributed by atoms with Crippen molar-refractivity contribution in [3.05, 3.63) is 36.0 Å². The predicted molar refractivity (Wildman–Crippen MR) is 103 cm³/mol. The number of rotatable bonds is 2. The van der Waals surface area contributed by atoms with Crippen LogP contribution in [-0.4, -0.2) is 45.3 Å². The summed E-state index contributed by atoms with van der Waals surface area (Å²) < 4.78 is 0. The highest BCUT2D eigenvalue weighted by Gasteiger charge is 2.28. The smallest absolute Gasteiger partial charge is 0.183 e. The van der Waals surface area contributed by atoms with E-state index in [2.05, 4.69) is 51.2 Å². The maximum absolute atomic E-state index is 6.24. The lowest BCUT2D eigenvalue weighted by Crippen LogP contribution is -2.48. The Kier molecular flexibility index (Phi) is 3.40. The van der Waals surface area contributed by atoms with E-state index in [1.807, 2.05) is 6.20 Å². The van der Waals surface area contributed by atoms with Crippen LogP contribution in [0.5, 0.6) is 0 Å². The van der Waals surface area contributed by atoms with Crippen LogP contribution in [0.2, 0.25) is 0 Å². The molecule has 134 valence electrons. The Morgan fingerprint density at radius 3 is 2.81 bits per heavy atom.